The highest BCUT2D eigenvalue weighted by Gasteiger charge is 2.36. The topological polar surface area (TPSA) is 22.1 Å². The number of hydrogen-bond acceptors (Lipinski definition) is 3. The lowest BCUT2D eigenvalue weighted by Gasteiger charge is -2.35. The summed E-state index contributed by atoms with van der Waals surface area (Å²) in [4.78, 5) is 4.29. The first-order valence-electron chi connectivity index (χ1n) is 6.30. The van der Waals surface area contributed by atoms with Gasteiger partial charge in [0.2, 0.25) is 5.88 Å². The van der Waals surface area contributed by atoms with Crippen LogP contribution in [0.3, 0.4) is 0 Å². The fourth-order valence-electron chi connectivity index (χ4n) is 1.76. The van der Waals surface area contributed by atoms with Crippen LogP contribution in [-0.4, -0.2) is 10.1 Å². The molecule has 0 bridgehead atoms. The summed E-state index contributed by atoms with van der Waals surface area (Å²) >= 11 is 9.45. The molecule has 1 aromatic carbocycles. The molecule has 0 unspecified atom stereocenters. The average Bonchev–Trinajstić information content (AvgIpc) is 2.41. The first-order chi connectivity index (χ1) is 9.34. The van der Waals surface area contributed by atoms with Gasteiger partial charge in [0.1, 0.15) is 6.26 Å². The Morgan fingerprint density at radius 1 is 1.10 bits per heavy atom. The Balaban J connectivity index is 2.51. The first-order valence-corrected chi connectivity index (χ1v) is 9.82. The Labute approximate surface area is 133 Å². The second kappa shape index (κ2) is 5.97. The SMILES string of the molecule is CC(C)(C)[P@](=S)(Oc1ncccc1Br)c1ccccc1. The van der Waals surface area contributed by atoms with E-state index in [1.807, 2.05) is 42.5 Å². The van der Waals surface area contributed by atoms with Gasteiger partial charge in [-0.1, -0.05) is 51.1 Å². The smallest absolute Gasteiger partial charge is 0.231 e. The Kier molecular flexibility index (Phi) is 4.68. The highest BCUT2D eigenvalue weighted by molar-refractivity contribution is 9.10. The fourth-order valence-corrected chi connectivity index (χ4v) is 4.91. The third kappa shape index (κ3) is 3.13. The molecule has 20 heavy (non-hydrogen) atoms. The molecule has 0 radical (unpaired) electrons. The lowest BCUT2D eigenvalue weighted by atomic mass is 10.3. The predicted octanol–water partition coefficient (Wildman–Crippen LogP) is 4.74. The summed E-state index contributed by atoms with van der Waals surface area (Å²) in [6, 6.07) is 13.8. The van der Waals surface area contributed by atoms with Gasteiger partial charge in [0.05, 0.1) is 4.47 Å². The van der Waals surface area contributed by atoms with Crippen LogP contribution >= 0.6 is 22.2 Å². The van der Waals surface area contributed by atoms with E-state index in [4.69, 9.17) is 16.3 Å². The van der Waals surface area contributed by atoms with E-state index in [0.717, 1.165) is 9.78 Å². The van der Waals surface area contributed by atoms with Gasteiger partial charge < -0.3 is 4.52 Å². The summed E-state index contributed by atoms with van der Waals surface area (Å²) in [5.41, 5.74) is 0. The quantitative estimate of drug-likeness (QED) is 0.729. The van der Waals surface area contributed by atoms with Crippen molar-refractivity contribution >= 4 is 39.3 Å². The molecular weight excluding hydrogens is 353 g/mol. The van der Waals surface area contributed by atoms with Gasteiger partial charge in [-0.3, -0.25) is 0 Å². The third-order valence-corrected chi connectivity index (χ3v) is 9.20. The molecule has 2 nitrogen and oxygen atoms in total. The molecule has 0 spiro atoms. The van der Waals surface area contributed by atoms with Crippen molar-refractivity contribution in [3.63, 3.8) is 0 Å². The molecule has 1 aromatic heterocycles. The lowest BCUT2D eigenvalue weighted by Crippen LogP contribution is -2.26. The molecule has 2 aromatic rings. The van der Waals surface area contributed by atoms with E-state index in [0.29, 0.717) is 5.88 Å². The van der Waals surface area contributed by atoms with Crippen LogP contribution in [0.4, 0.5) is 0 Å². The maximum Gasteiger partial charge on any atom is 0.231 e. The maximum absolute atomic E-state index is 6.25. The van der Waals surface area contributed by atoms with Gasteiger partial charge in [0, 0.05) is 16.7 Å². The minimum Gasteiger partial charge on any atom is -0.443 e. The molecule has 0 N–H and O–H groups in total. The summed E-state index contributed by atoms with van der Waals surface area (Å²) in [5, 5.41) is 0.917. The Morgan fingerprint density at radius 2 is 1.75 bits per heavy atom. The third-order valence-electron chi connectivity index (χ3n) is 2.92. The first kappa shape index (κ1) is 15.7. The van der Waals surface area contributed by atoms with Crippen molar-refractivity contribution in [3.05, 3.63) is 53.1 Å². The predicted molar refractivity (Wildman–Crippen MR) is 92.7 cm³/mol. The Hall–Kier alpha value is -0.700. The second-order valence-electron chi connectivity index (χ2n) is 5.44. The number of rotatable bonds is 3. The largest absolute Gasteiger partial charge is 0.443 e. The zero-order valence-electron chi connectivity index (χ0n) is 11.7. The van der Waals surface area contributed by atoms with Crippen LogP contribution in [0.25, 0.3) is 0 Å². The molecule has 0 aliphatic rings. The summed E-state index contributed by atoms with van der Waals surface area (Å²) in [6.07, 6.45) is -0.548. The molecule has 0 saturated carbocycles. The molecule has 1 atom stereocenters. The number of nitrogens with zero attached hydrogens (tertiary/aromatic N) is 1. The van der Waals surface area contributed by atoms with Crippen LogP contribution in [0.15, 0.2) is 53.1 Å². The van der Waals surface area contributed by atoms with E-state index in [2.05, 4.69) is 41.7 Å². The van der Waals surface area contributed by atoms with Crippen LogP contribution in [0.1, 0.15) is 20.8 Å². The van der Waals surface area contributed by atoms with Gasteiger partial charge in [-0.25, -0.2) is 4.98 Å². The van der Waals surface area contributed by atoms with Crippen LogP contribution in [0.2, 0.25) is 0 Å². The second-order valence-corrected chi connectivity index (χ2v) is 11.0. The van der Waals surface area contributed by atoms with E-state index in [9.17, 15) is 0 Å². The van der Waals surface area contributed by atoms with Crippen LogP contribution in [-0.2, 0) is 11.8 Å². The van der Waals surface area contributed by atoms with E-state index in [-0.39, 0.29) is 5.16 Å². The standard InChI is InChI=1S/C15H17BrNOPS/c1-15(2,3)19(20,12-8-5-4-6-9-12)18-14-13(16)10-7-11-17-14/h4-11H,1-3H3/t19-/m0/s1. The molecule has 0 aliphatic carbocycles. The van der Waals surface area contributed by atoms with Gasteiger partial charge in [-0.05, 0) is 39.9 Å². The zero-order chi connectivity index (χ0) is 14.8. The van der Waals surface area contributed by atoms with Gasteiger partial charge in [-0.2, -0.15) is 0 Å². The van der Waals surface area contributed by atoms with E-state index in [1.54, 1.807) is 6.20 Å². The molecule has 0 fully saturated rings. The lowest BCUT2D eigenvalue weighted by molar-refractivity contribution is 0.556. The number of hydrogen-bond donors (Lipinski definition) is 0. The Bertz CT molecular complexity index is 640. The molecule has 0 saturated heterocycles. The number of pyridine rings is 1. The van der Waals surface area contributed by atoms with E-state index >= 15 is 0 Å². The molecule has 106 valence electrons. The summed E-state index contributed by atoms with van der Waals surface area (Å²) in [6.45, 7) is 6.37. The molecule has 2 rings (SSSR count). The van der Waals surface area contributed by atoms with Crippen LogP contribution in [0, 0.1) is 0 Å². The van der Waals surface area contributed by atoms with Gasteiger partial charge in [0.15, 0.2) is 0 Å². The van der Waals surface area contributed by atoms with Crippen LogP contribution < -0.4 is 9.83 Å². The molecule has 5 heteroatoms. The fraction of sp³-hybridized carbons (Fsp3) is 0.267. The minimum atomic E-state index is -2.26. The van der Waals surface area contributed by atoms with Crippen molar-refractivity contribution < 1.29 is 4.52 Å². The van der Waals surface area contributed by atoms with Crippen molar-refractivity contribution in [3.8, 4) is 5.88 Å². The van der Waals surface area contributed by atoms with Crippen LogP contribution in [0.5, 0.6) is 5.88 Å². The van der Waals surface area contributed by atoms with Gasteiger partial charge in [0.25, 0.3) is 0 Å². The van der Waals surface area contributed by atoms with E-state index in [1.165, 1.54) is 0 Å². The van der Waals surface area contributed by atoms with Crippen molar-refractivity contribution in [2.45, 2.75) is 25.9 Å². The van der Waals surface area contributed by atoms with Crippen molar-refractivity contribution in [2.75, 3.05) is 0 Å². The summed E-state index contributed by atoms with van der Waals surface area (Å²) in [5.74, 6) is 0.564. The Morgan fingerprint density at radius 3 is 2.30 bits per heavy atom. The normalized spacial score (nSPS) is 14.6. The highest BCUT2D eigenvalue weighted by Crippen LogP contribution is 2.57. The summed E-state index contributed by atoms with van der Waals surface area (Å²) in [7, 11) is 0. The molecule has 1 heterocycles. The number of benzene rings is 1. The number of aromatic nitrogens is 1. The zero-order valence-corrected chi connectivity index (χ0v) is 15.0. The van der Waals surface area contributed by atoms with Crippen molar-refractivity contribution in [2.24, 2.45) is 0 Å². The van der Waals surface area contributed by atoms with Gasteiger partial charge in [-0.15, -0.1) is 0 Å². The maximum atomic E-state index is 6.25. The summed E-state index contributed by atoms with van der Waals surface area (Å²) < 4.78 is 7.08. The molecular formula is C15H17BrNOPS. The van der Waals surface area contributed by atoms with Crippen molar-refractivity contribution in [1.82, 2.24) is 4.98 Å². The van der Waals surface area contributed by atoms with E-state index < -0.39 is 6.26 Å². The van der Waals surface area contributed by atoms with Crippen molar-refractivity contribution in [1.29, 1.82) is 0 Å². The average molecular weight is 370 g/mol. The monoisotopic (exact) mass is 369 g/mol. The minimum absolute atomic E-state index is 0.152. The van der Waals surface area contributed by atoms with Gasteiger partial charge >= 0.3 is 0 Å². The number of halogens is 1. The highest BCUT2D eigenvalue weighted by atomic mass is 79.9. The molecule has 0 aliphatic heterocycles. The molecule has 0 amide bonds.